The molecule has 2 aliphatic carbocycles. The SMILES string of the molecule is C1=CC=CC=C(C2CCCCCC2)C=1. The average molecular weight is 186 g/mol. The van der Waals surface area contributed by atoms with Crippen molar-refractivity contribution >= 4 is 0 Å². The van der Waals surface area contributed by atoms with Crippen LogP contribution in [0.1, 0.15) is 38.5 Å². The molecule has 0 aromatic carbocycles. The molecule has 0 bridgehead atoms. The molecule has 1 fully saturated rings. The Bertz CT molecular complexity index is 290. The van der Waals surface area contributed by atoms with Crippen molar-refractivity contribution in [3.63, 3.8) is 0 Å². The van der Waals surface area contributed by atoms with Crippen molar-refractivity contribution in [2.24, 2.45) is 5.92 Å². The van der Waals surface area contributed by atoms with Crippen molar-refractivity contribution in [3.8, 4) is 0 Å². The molecular formula is C14H18. The zero-order chi connectivity index (χ0) is 9.64. The predicted octanol–water partition coefficient (Wildman–Crippen LogP) is 4.16. The summed E-state index contributed by atoms with van der Waals surface area (Å²) in [6.07, 6.45) is 19.0. The van der Waals surface area contributed by atoms with E-state index >= 15 is 0 Å². The summed E-state index contributed by atoms with van der Waals surface area (Å²) < 4.78 is 0. The van der Waals surface area contributed by atoms with Crippen LogP contribution in [0.2, 0.25) is 0 Å². The van der Waals surface area contributed by atoms with Gasteiger partial charge in [-0.05, 0) is 36.5 Å². The molecule has 2 rings (SSSR count). The van der Waals surface area contributed by atoms with Crippen molar-refractivity contribution in [3.05, 3.63) is 41.7 Å². The normalized spacial score (nSPS) is 23.0. The highest BCUT2D eigenvalue weighted by Gasteiger charge is 2.14. The second-order valence-corrected chi connectivity index (χ2v) is 4.22. The zero-order valence-corrected chi connectivity index (χ0v) is 8.71. The van der Waals surface area contributed by atoms with Crippen LogP contribution in [-0.2, 0) is 0 Å². The van der Waals surface area contributed by atoms with Gasteiger partial charge in [-0.25, -0.2) is 0 Å². The molecule has 0 heteroatoms. The number of hydrogen-bond acceptors (Lipinski definition) is 0. The fraction of sp³-hybridized carbons (Fsp3) is 0.500. The van der Waals surface area contributed by atoms with Crippen LogP contribution < -0.4 is 0 Å². The first-order valence-electron chi connectivity index (χ1n) is 5.76. The van der Waals surface area contributed by atoms with Gasteiger partial charge in [-0.3, -0.25) is 0 Å². The average Bonchev–Trinajstić information content (AvgIpc) is 2.62. The van der Waals surface area contributed by atoms with Crippen LogP contribution in [0.4, 0.5) is 0 Å². The monoisotopic (exact) mass is 186 g/mol. The van der Waals surface area contributed by atoms with Gasteiger partial charge in [0.2, 0.25) is 0 Å². The summed E-state index contributed by atoms with van der Waals surface area (Å²) >= 11 is 0. The van der Waals surface area contributed by atoms with E-state index in [9.17, 15) is 0 Å². The number of rotatable bonds is 1. The maximum Gasteiger partial charge on any atom is -0.0156 e. The van der Waals surface area contributed by atoms with E-state index in [-0.39, 0.29) is 0 Å². The molecule has 0 nitrogen and oxygen atoms in total. The van der Waals surface area contributed by atoms with Gasteiger partial charge >= 0.3 is 0 Å². The molecular weight excluding hydrogens is 168 g/mol. The minimum Gasteiger partial charge on any atom is -0.121 e. The van der Waals surface area contributed by atoms with Crippen molar-refractivity contribution in [1.29, 1.82) is 0 Å². The van der Waals surface area contributed by atoms with Crippen LogP contribution in [0.25, 0.3) is 0 Å². The van der Waals surface area contributed by atoms with Crippen LogP contribution in [0.15, 0.2) is 41.7 Å². The highest BCUT2D eigenvalue weighted by molar-refractivity contribution is 5.30. The highest BCUT2D eigenvalue weighted by atomic mass is 14.2. The molecule has 0 amide bonds. The maximum atomic E-state index is 3.21. The molecule has 0 aliphatic heterocycles. The minimum absolute atomic E-state index is 0.793. The van der Waals surface area contributed by atoms with Gasteiger partial charge in [-0.1, -0.05) is 43.9 Å². The fourth-order valence-corrected chi connectivity index (χ4v) is 2.34. The lowest BCUT2D eigenvalue weighted by molar-refractivity contribution is 0.540. The largest absolute Gasteiger partial charge is 0.121 e. The topological polar surface area (TPSA) is 0 Å². The number of hydrogen-bond donors (Lipinski definition) is 0. The lowest BCUT2D eigenvalue weighted by Crippen LogP contribution is -2.00. The van der Waals surface area contributed by atoms with Crippen LogP contribution in [0.3, 0.4) is 0 Å². The van der Waals surface area contributed by atoms with Gasteiger partial charge in [-0.15, -0.1) is 5.73 Å². The molecule has 1 saturated carbocycles. The number of allylic oxidation sites excluding steroid dienone is 5. The lowest BCUT2D eigenvalue weighted by Gasteiger charge is -2.14. The fourth-order valence-electron chi connectivity index (χ4n) is 2.34. The molecule has 74 valence electrons. The summed E-state index contributed by atoms with van der Waals surface area (Å²) in [6.45, 7) is 0. The summed E-state index contributed by atoms with van der Waals surface area (Å²) in [5.74, 6) is 0.793. The second kappa shape index (κ2) is 5.02. The van der Waals surface area contributed by atoms with E-state index in [1.807, 2.05) is 6.08 Å². The Morgan fingerprint density at radius 3 is 2.57 bits per heavy atom. The van der Waals surface area contributed by atoms with E-state index < -0.39 is 0 Å². The van der Waals surface area contributed by atoms with Crippen molar-refractivity contribution in [2.45, 2.75) is 38.5 Å². The molecule has 0 aromatic rings. The van der Waals surface area contributed by atoms with Gasteiger partial charge in [-0.2, -0.15) is 0 Å². The third-order valence-corrected chi connectivity index (χ3v) is 3.17. The molecule has 2 aliphatic rings. The quantitative estimate of drug-likeness (QED) is 0.426. The first kappa shape index (κ1) is 9.55. The summed E-state index contributed by atoms with van der Waals surface area (Å²) in [6, 6.07) is 0. The standard InChI is InChI=1S/C14H18/c1-2-6-10-13(9-5-1)14-11-7-3-4-8-12-14/h1-2,5,9-10,14H,3-4,7-8,11-12H2. The summed E-state index contributed by atoms with van der Waals surface area (Å²) in [4.78, 5) is 0. The lowest BCUT2D eigenvalue weighted by atomic mass is 9.91. The van der Waals surface area contributed by atoms with Gasteiger partial charge in [0.25, 0.3) is 0 Å². The Labute approximate surface area is 86.7 Å². The molecule has 14 heavy (non-hydrogen) atoms. The van der Waals surface area contributed by atoms with E-state index in [0.717, 1.165) is 5.92 Å². The molecule has 0 aromatic heterocycles. The minimum atomic E-state index is 0.793. The molecule has 0 unspecified atom stereocenters. The first-order chi connectivity index (χ1) is 6.97. The Hall–Kier alpha value is -1.00. The van der Waals surface area contributed by atoms with Gasteiger partial charge in [0, 0.05) is 0 Å². The smallest absolute Gasteiger partial charge is 0.0156 e. The predicted molar refractivity (Wildman–Crippen MR) is 61.1 cm³/mol. The molecule has 0 atom stereocenters. The highest BCUT2D eigenvalue weighted by Crippen LogP contribution is 2.29. The van der Waals surface area contributed by atoms with Gasteiger partial charge < -0.3 is 0 Å². The van der Waals surface area contributed by atoms with Crippen LogP contribution in [0.5, 0.6) is 0 Å². The van der Waals surface area contributed by atoms with E-state index in [1.165, 1.54) is 44.1 Å². The Morgan fingerprint density at radius 2 is 1.79 bits per heavy atom. The van der Waals surface area contributed by atoms with E-state index in [0.29, 0.717) is 0 Å². The summed E-state index contributed by atoms with van der Waals surface area (Å²) in [5, 5.41) is 0. The van der Waals surface area contributed by atoms with E-state index in [4.69, 9.17) is 0 Å². The molecule has 0 N–H and O–H groups in total. The molecule has 0 radical (unpaired) electrons. The van der Waals surface area contributed by atoms with E-state index in [2.05, 4.69) is 30.0 Å². The Kier molecular flexibility index (Phi) is 3.43. The third-order valence-electron chi connectivity index (χ3n) is 3.17. The van der Waals surface area contributed by atoms with Gasteiger partial charge in [0.1, 0.15) is 0 Å². The van der Waals surface area contributed by atoms with Crippen molar-refractivity contribution < 1.29 is 0 Å². The molecule has 0 heterocycles. The van der Waals surface area contributed by atoms with Gasteiger partial charge in [0.05, 0.1) is 0 Å². The first-order valence-corrected chi connectivity index (χ1v) is 5.76. The van der Waals surface area contributed by atoms with Crippen LogP contribution in [0, 0.1) is 5.92 Å². The van der Waals surface area contributed by atoms with E-state index in [1.54, 1.807) is 0 Å². The Balaban J connectivity index is 2.08. The van der Waals surface area contributed by atoms with Crippen LogP contribution in [-0.4, -0.2) is 0 Å². The molecule has 0 saturated heterocycles. The Morgan fingerprint density at radius 1 is 1.00 bits per heavy atom. The van der Waals surface area contributed by atoms with Crippen LogP contribution >= 0.6 is 0 Å². The van der Waals surface area contributed by atoms with Gasteiger partial charge in [0.15, 0.2) is 0 Å². The van der Waals surface area contributed by atoms with Crippen molar-refractivity contribution in [1.82, 2.24) is 0 Å². The zero-order valence-electron chi connectivity index (χ0n) is 8.71. The second-order valence-electron chi connectivity index (χ2n) is 4.22. The van der Waals surface area contributed by atoms with Crippen molar-refractivity contribution in [2.75, 3.05) is 0 Å². The molecule has 0 spiro atoms. The third kappa shape index (κ3) is 2.49. The summed E-state index contributed by atoms with van der Waals surface area (Å²) in [5.41, 5.74) is 4.69. The maximum absolute atomic E-state index is 3.21. The summed E-state index contributed by atoms with van der Waals surface area (Å²) in [7, 11) is 0.